The lowest BCUT2D eigenvalue weighted by atomic mass is 9.33. The Labute approximate surface area is 368 Å². The van der Waals surface area contributed by atoms with Crippen LogP contribution in [0, 0.1) is 13.8 Å². The van der Waals surface area contributed by atoms with Crippen LogP contribution in [-0.4, -0.2) is 6.71 Å². The van der Waals surface area contributed by atoms with E-state index in [2.05, 4.69) is 188 Å². The van der Waals surface area contributed by atoms with Crippen molar-refractivity contribution in [3.05, 3.63) is 123 Å². The van der Waals surface area contributed by atoms with E-state index in [0.717, 1.165) is 47.0 Å². The number of rotatable bonds is 3. The quantitative estimate of drug-likeness (QED) is 0.164. The van der Waals surface area contributed by atoms with Crippen molar-refractivity contribution in [1.82, 2.24) is 0 Å². The first-order valence-electron chi connectivity index (χ1n) is 24.3. The lowest BCUT2D eigenvalue weighted by Crippen LogP contribution is -2.61. The van der Waals surface area contributed by atoms with E-state index in [0.29, 0.717) is 11.5 Å². The Morgan fingerprint density at radius 2 is 1.13 bits per heavy atom. The third kappa shape index (κ3) is 6.01. The third-order valence-corrected chi connectivity index (χ3v) is 15.1. The molecule has 9 rings (SSSR count). The van der Waals surface area contributed by atoms with Gasteiger partial charge >= 0.3 is 0 Å². The van der Waals surface area contributed by atoms with Gasteiger partial charge in [0.15, 0.2) is 0 Å². The highest BCUT2D eigenvalue weighted by molar-refractivity contribution is 7.00. The zero-order valence-electron chi connectivity index (χ0n) is 42.9. The van der Waals surface area contributed by atoms with Gasteiger partial charge in [0.1, 0.15) is 0 Å². The Bertz CT molecular complexity index is 2750. The number of aryl methyl sites for hydroxylation is 2. The normalized spacial score (nSPS) is 19.9. The summed E-state index contributed by atoms with van der Waals surface area (Å²) in [5.41, 5.74) is 21.1. The van der Waals surface area contributed by atoms with E-state index in [-0.39, 0.29) is 39.2 Å². The SMILES string of the molecule is [2H]C([2H])([2H])c1cc2c3c(c1)N(c1cc(C(C)(C)C)c(C(C)C)cc1C)c1cc4c(cc1B3c1cc(C(C)(C)C)ccc1N2c1ccc2c(c1)C(C)(C)CC2(C)C)C(C)(C)CC4(C)C. The van der Waals surface area contributed by atoms with Crippen molar-refractivity contribution >= 4 is 57.2 Å². The van der Waals surface area contributed by atoms with Crippen molar-refractivity contribution in [3.8, 4) is 0 Å². The minimum atomic E-state index is -2.34. The first-order chi connectivity index (χ1) is 28.8. The van der Waals surface area contributed by atoms with Gasteiger partial charge in [0.2, 0.25) is 0 Å². The molecule has 2 nitrogen and oxygen atoms in total. The monoisotopic (exact) mass is 798 g/mol. The van der Waals surface area contributed by atoms with Gasteiger partial charge in [-0.3, -0.25) is 0 Å². The molecule has 2 heterocycles. The van der Waals surface area contributed by atoms with Gasteiger partial charge in [-0.05, 0) is 174 Å². The van der Waals surface area contributed by atoms with Gasteiger partial charge < -0.3 is 9.80 Å². The molecule has 0 atom stereocenters. The molecule has 0 fully saturated rings. The maximum absolute atomic E-state index is 9.08. The number of anilines is 6. The Kier molecular flexibility index (Phi) is 7.93. The smallest absolute Gasteiger partial charge is 0.252 e. The number of benzene rings is 5. The Hall–Kier alpha value is -4.24. The van der Waals surface area contributed by atoms with Crippen LogP contribution in [0.2, 0.25) is 0 Å². The molecule has 60 heavy (non-hydrogen) atoms. The second-order valence-electron chi connectivity index (χ2n) is 24.3. The summed E-state index contributed by atoms with van der Waals surface area (Å²) in [6.45, 7) is 37.5. The van der Waals surface area contributed by atoms with Gasteiger partial charge in [-0.1, -0.05) is 141 Å². The predicted molar refractivity (Wildman–Crippen MR) is 263 cm³/mol. The van der Waals surface area contributed by atoms with Crippen molar-refractivity contribution in [2.24, 2.45) is 0 Å². The molecule has 5 aromatic carbocycles. The van der Waals surface area contributed by atoms with Gasteiger partial charge in [-0.15, -0.1) is 0 Å². The van der Waals surface area contributed by atoms with Gasteiger partial charge in [0, 0.05) is 38.2 Å². The van der Waals surface area contributed by atoms with E-state index in [1.165, 1.54) is 60.9 Å². The fraction of sp³-hybridized carbons (Fsp3) is 0.474. The summed E-state index contributed by atoms with van der Waals surface area (Å²) >= 11 is 0. The maximum Gasteiger partial charge on any atom is 0.252 e. The topological polar surface area (TPSA) is 6.48 Å². The van der Waals surface area contributed by atoms with Crippen LogP contribution in [0.25, 0.3) is 0 Å². The summed E-state index contributed by atoms with van der Waals surface area (Å²) in [5.74, 6) is 0.355. The molecule has 0 N–H and O–H groups in total. The van der Waals surface area contributed by atoms with Crippen LogP contribution in [0.5, 0.6) is 0 Å². The molecular formula is C57H71BN2. The molecule has 0 unspecified atom stereocenters. The number of fused-ring (bicyclic) bond motifs is 6. The van der Waals surface area contributed by atoms with Crippen LogP contribution < -0.4 is 26.2 Å². The summed E-state index contributed by atoms with van der Waals surface area (Å²) in [6, 6.07) is 28.2. The maximum atomic E-state index is 9.08. The van der Waals surface area contributed by atoms with Crippen LogP contribution in [0.4, 0.5) is 34.1 Å². The average molecular weight is 798 g/mol. The second-order valence-corrected chi connectivity index (χ2v) is 24.3. The molecular weight excluding hydrogens is 723 g/mol. The number of nitrogens with zero attached hydrogens (tertiary/aromatic N) is 2. The van der Waals surface area contributed by atoms with E-state index < -0.39 is 6.85 Å². The van der Waals surface area contributed by atoms with Gasteiger partial charge in [-0.25, -0.2) is 0 Å². The first kappa shape index (κ1) is 37.5. The Morgan fingerprint density at radius 1 is 0.567 bits per heavy atom. The fourth-order valence-corrected chi connectivity index (χ4v) is 12.7. The fourth-order valence-electron chi connectivity index (χ4n) is 12.7. The molecule has 2 aliphatic carbocycles. The van der Waals surface area contributed by atoms with Gasteiger partial charge in [-0.2, -0.15) is 0 Å². The van der Waals surface area contributed by atoms with E-state index in [9.17, 15) is 0 Å². The molecule has 312 valence electrons. The molecule has 2 aliphatic heterocycles. The third-order valence-electron chi connectivity index (χ3n) is 15.1. The Morgan fingerprint density at radius 3 is 1.72 bits per heavy atom. The zero-order chi connectivity index (χ0) is 46.1. The zero-order valence-corrected chi connectivity index (χ0v) is 39.9. The van der Waals surface area contributed by atoms with Crippen molar-refractivity contribution in [2.75, 3.05) is 9.80 Å². The molecule has 0 saturated heterocycles. The molecule has 0 aromatic heterocycles. The van der Waals surface area contributed by atoms with E-state index in [1.807, 2.05) is 12.1 Å². The minimum Gasteiger partial charge on any atom is -0.311 e. The highest BCUT2D eigenvalue weighted by Crippen LogP contribution is 2.55. The van der Waals surface area contributed by atoms with Gasteiger partial charge in [0.05, 0.1) is 0 Å². The summed E-state index contributed by atoms with van der Waals surface area (Å²) in [7, 11) is 0. The van der Waals surface area contributed by atoms with Crippen LogP contribution in [-0.2, 0) is 32.5 Å². The number of hydrogen-bond acceptors (Lipinski definition) is 2. The minimum absolute atomic E-state index is 0.00676. The lowest BCUT2D eigenvalue weighted by Gasteiger charge is -2.46. The molecule has 0 amide bonds. The van der Waals surface area contributed by atoms with Gasteiger partial charge in [0.25, 0.3) is 6.71 Å². The van der Waals surface area contributed by atoms with Crippen LogP contribution in [0.15, 0.2) is 72.8 Å². The summed E-state index contributed by atoms with van der Waals surface area (Å²) in [6.07, 6.45) is 2.13. The molecule has 5 aromatic rings. The van der Waals surface area contributed by atoms with Crippen LogP contribution in [0.1, 0.15) is 184 Å². The van der Waals surface area contributed by atoms with Crippen molar-refractivity contribution < 1.29 is 4.11 Å². The average Bonchev–Trinajstić information content (AvgIpc) is 3.45. The van der Waals surface area contributed by atoms with Crippen molar-refractivity contribution in [1.29, 1.82) is 0 Å². The molecule has 0 radical (unpaired) electrons. The van der Waals surface area contributed by atoms with Crippen LogP contribution >= 0.6 is 0 Å². The second kappa shape index (κ2) is 12.7. The molecule has 0 spiro atoms. The van der Waals surface area contributed by atoms with E-state index >= 15 is 0 Å². The largest absolute Gasteiger partial charge is 0.311 e. The highest BCUT2D eigenvalue weighted by Gasteiger charge is 2.49. The number of hydrogen-bond donors (Lipinski definition) is 0. The molecule has 0 bridgehead atoms. The van der Waals surface area contributed by atoms with Crippen molar-refractivity contribution in [2.45, 2.75) is 176 Å². The predicted octanol–water partition coefficient (Wildman–Crippen LogP) is 14.0. The molecule has 0 saturated carbocycles. The van der Waals surface area contributed by atoms with E-state index in [4.69, 9.17) is 4.11 Å². The molecule has 4 aliphatic rings. The summed E-state index contributed by atoms with van der Waals surface area (Å²) in [5, 5.41) is 0. The first-order valence-corrected chi connectivity index (χ1v) is 22.8. The molecule has 3 heteroatoms. The summed E-state index contributed by atoms with van der Waals surface area (Å²) < 4.78 is 27.2. The van der Waals surface area contributed by atoms with Crippen LogP contribution in [0.3, 0.4) is 0 Å². The Balaban J connectivity index is 1.46. The standard InChI is InChI=1S/C57H71BN2/c1-33(2)38-25-35(4)47(29-40(38)53(8,9)10)60-48-30-43-42(56(15,16)32-57(43,17)18)28-45(48)58-44-26-36(52(5,6)7)19-22-46(44)59(49-23-34(3)24-50(60)51(49)58)37-20-21-39-41(27-37)55(13,14)31-54(39,11)12/h19-30,33H,31-32H2,1-18H3/i3D3. The summed E-state index contributed by atoms with van der Waals surface area (Å²) in [4.78, 5) is 4.91. The lowest BCUT2D eigenvalue weighted by molar-refractivity contribution is 0.403. The van der Waals surface area contributed by atoms with Crippen molar-refractivity contribution in [3.63, 3.8) is 0 Å². The van der Waals surface area contributed by atoms with E-state index in [1.54, 1.807) is 0 Å². The highest BCUT2D eigenvalue weighted by atomic mass is 15.2.